The highest BCUT2D eigenvalue weighted by Gasteiger charge is 2.16. The number of halogens is 1. The number of carboxylic acid groups (broad SMARTS) is 1. The van der Waals surface area contributed by atoms with E-state index in [1.807, 2.05) is 4.72 Å². The Morgan fingerprint density at radius 1 is 1.32 bits per heavy atom. The molecule has 2 rings (SSSR count). The maximum absolute atomic E-state index is 12.8. The third-order valence-corrected chi connectivity index (χ3v) is 3.92. The summed E-state index contributed by atoms with van der Waals surface area (Å²) in [5, 5.41) is 8.60. The van der Waals surface area contributed by atoms with Crippen LogP contribution in [0, 0.1) is 5.82 Å². The maximum atomic E-state index is 12.8. The summed E-state index contributed by atoms with van der Waals surface area (Å²) in [5.41, 5.74) is -0.883. The standard InChI is InChI=1S/C12H10FN3O5S/c13-8-1-3-9(4-2-8)22(20,21)16-12-14-6-7(5-10(17)18)11(19)15-12/h1-4,6H,5H2,(H,17,18)(H2,14,15,16,19). The number of aliphatic carboxylic acids is 1. The zero-order valence-corrected chi connectivity index (χ0v) is 11.7. The number of carbonyl (C=O) groups is 1. The summed E-state index contributed by atoms with van der Waals surface area (Å²) in [6.07, 6.45) is 0.433. The Morgan fingerprint density at radius 3 is 2.50 bits per heavy atom. The summed E-state index contributed by atoms with van der Waals surface area (Å²) in [4.78, 5) is 27.7. The van der Waals surface area contributed by atoms with Crippen molar-refractivity contribution < 1.29 is 22.7 Å². The van der Waals surface area contributed by atoms with Crippen molar-refractivity contribution in [3.63, 3.8) is 0 Å². The molecule has 116 valence electrons. The van der Waals surface area contributed by atoms with Crippen molar-refractivity contribution in [2.45, 2.75) is 11.3 Å². The minimum atomic E-state index is -4.05. The first-order chi connectivity index (χ1) is 10.3. The van der Waals surface area contributed by atoms with Crippen molar-refractivity contribution >= 4 is 21.9 Å². The number of aromatic nitrogens is 2. The van der Waals surface area contributed by atoms with Crippen molar-refractivity contribution in [2.24, 2.45) is 0 Å². The Morgan fingerprint density at radius 2 is 1.95 bits per heavy atom. The lowest BCUT2D eigenvalue weighted by Gasteiger charge is -2.07. The van der Waals surface area contributed by atoms with Gasteiger partial charge in [-0.25, -0.2) is 22.5 Å². The van der Waals surface area contributed by atoms with Gasteiger partial charge >= 0.3 is 5.97 Å². The van der Waals surface area contributed by atoms with E-state index in [0.29, 0.717) is 0 Å². The number of sulfonamides is 1. The summed E-state index contributed by atoms with van der Waals surface area (Å²) in [6.45, 7) is 0. The van der Waals surface area contributed by atoms with Crippen LogP contribution in [0.2, 0.25) is 0 Å². The van der Waals surface area contributed by atoms with Crippen LogP contribution >= 0.6 is 0 Å². The molecule has 10 heteroatoms. The van der Waals surface area contributed by atoms with Gasteiger partial charge in [-0.15, -0.1) is 0 Å². The van der Waals surface area contributed by atoms with Gasteiger partial charge in [0, 0.05) is 11.8 Å². The highest BCUT2D eigenvalue weighted by molar-refractivity contribution is 7.92. The first-order valence-corrected chi connectivity index (χ1v) is 7.34. The molecular formula is C12H10FN3O5S. The van der Waals surface area contributed by atoms with Gasteiger partial charge in [0.2, 0.25) is 5.95 Å². The molecule has 8 nitrogen and oxygen atoms in total. The van der Waals surface area contributed by atoms with Gasteiger partial charge in [-0.05, 0) is 24.3 Å². The second-order valence-electron chi connectivity index (χ2n) is 4.22. The predicted molar refractivity (Wildman–Crippen MR) is 73.4 cm³/mol. The van der Waals surface area contributed by atoms with E-state index in [2.05, 4.69) is 9.97 Å². The first kappa shape index (κ1) is 15.6. The lowest BCUT2D eigenvalue weighted by molar-refractivity contribution is -0.136. The van der Waals surface area contributed by atoms with Crippen LogP contribution in [0.5, 0.6) is 0 Å². The molecule has 0 saturated heterocycles. The largest absolute Gasteiger partial charge is 0.481 e. The molecule has 1 aromatic carbocycles. The van der Waals surface area contributed by atoms with Crippen molar-refractivity contribution in [3.8, 4) is 0 Å². The molecule has 0 aliphatic heterocycles. The van der Waals surface area contributed by atoms with E-state index in [0.717, 1.165) is 30.5 Å². The number of hydrogen-bond donors (Lipinski definition) is 3. The van der Waals surface area contributed by atoms with E-state index >= 15 is 0 Å². The number of anilines is 1. The predicted octanol–water partition coefficient (Wildman–Crippen LogP) is 0.337. The third-order valence-electron chi connectivity index (χ3n) is 2.57. The Balaban J connectivity index is 2.26. The number of carboxylic acids is 1. The van der Waals surface area contributed by atoms with Crippen LogP contribution in [-0.2, 0) is 21.2 Å². The molecule has 22 heavy (non-hydrogen) atoms. The smallest absolute Gasteiger partial charge is 0.308 e. The molecule has 1 aromatic heterocycles. The van der Waals surface area contributed by atoms with Crippen molar-refractivity contribution in [2.75, 3.05) is 4.72 Å². The molecule has 0 aliphatic carbocycles. The van der Waals surface area contributed by atoms with Crippen LogP contribution in [0.25, 0.3) is 0 Å². The Hall–Kier alpha value is -2.75. The fourth-order valence-corrected chi connectivity index (χ4v) is 2.53. The van der Waals surface area contributed by atoms with Gasteiger partial charge < -0.3 is 5.11 Å². The van der Waals surface area contributed by atoms with E-state index in [1.54, 1.807) is 0 Å². The first-order valence-electron chi connectivity index (χ1n) is 5.86. The summed E-state index contributed by atoms with van der Waals surface area (Å²) >= 11 is 0. The number of nitrogens with one attached hydrogen (secondary N) is 2. The normalized spacial score (nSPS) is 11.1. The number of nitrogens with zero attached hydrogens (tertiary/aromatic N) is 1. The van der Waals surface area contributed by atoms with E-state index in [4.69, 9.17) is 5.11 Å². The fourth-order valence-electron chi connectivity index (χ4n) is 1.56. The molecular weight excluding hydrogens is 317 g/mol. The molecule has 0 spiro atoms. The number of rotatable bonds is 5. The summed E-state index contributed by atoms with van der Waals surface area (Å²) < 4.78 is 38.8. The molecule has 2 aromatic rings. The molecule has 0 atom stereocenters. The zero-order valence-electron chi connectivity index (χ0n) is 10.9. The highest BCUT2D eigenvalue weighted by Crippen LogP contribution is 2.12. The SMILES string of the molecule is O=C(O)Cc1cnc(NS(=O)(=O)c2ccc(F)cc2)[nH]c1=O. The second kappa shape index (κ2) is 5.93. The zero-order chi connectivity index (χ0) is 16.3. The van der Waals surface area contributed by atoms with Gasteiger partial charge in [0.15, 0.2) is 0 Å². The van der Waals surface area contributed by atoms with Crippen molar-refractivity contribution in [1.82, 2.24) is 9.97 Å². The lowest BCUT2D eigenvalue weighted by Crippen LogP contribution is -2.22. The number of aromatic amines is 1. The van der Waals surface area contributed by atoms with Crippen LogP contribution in [0.15, 0.2) is 40.2 Å². The molecule has 0 aliphatic rings. The van der Waals surface area contributed by atoms with E-state index in [9.17, 15) is 22.4 Å². The summed E-state index contributed by atoms with van der Waals surface area (Å²) in [7, 11) is -4.05. The van der Waals surface area contributed by atoms with E-state index in [-0.39, 0.29) is 16.4 Å². The van der Waals surface area contributed by atoms with Crippen LogP contribution in [0.1, 0.15) is 5.56 Å². The molecule has 1 heterocycles. The number of H-pyrrole nitrogens is 1. The monoisotopic (exact) mass is 327 g/mol. The summed E-state index contributed by atoms with van der Waals surface area (Å²) in [6, 6.07) is 4.05. The molecule has 0 fully saturated rings. The topological polar surface area (TPSA) is 129 Å². The minimum Gasteiger partial charge on any atom is -0.481 e. The fraction of sp³-hybridized carbons (Fsp3) is 0.0833. The van der Waals surface area contributed by atoms with Crippen LogP contribution in [0.3, 0.4) is 0 Å². The third kappa shape index (κ3) is 3.67. The Kier molecular flexibility index (Phi) is 4.22. The highest BCUT2D eigenvalue weighted by atomic mass is 32.2. The van der Waals surface area contributed by atoms with Crippen molar-refractivity contribution in [1.29, 1.82) is 0 Å². The molecule has 0 saturated carbocycles. The van der Waals surface area contributed by atoms with Gasteiger partial charge in [0.25, 0.3) is 15.6 Å². The molecule has 0 radical (unpaired) electrons. The van der Waals surface area contributed by atoms with Gasteiger partial charge in [-0.2, -0.15) is 0 Å². The maximum Gasteiger partial charge on any atom is 0.308 e. The summed E-state index contributed by atoms with van der Waals surface area (Å²) in [5.74, 6) is -2.18. The molecule has 0 unspecified atom stereocenters. The molecule has 3 N–H and O–H groups in total. The second-order valence-corrected chi connectivity index (χ2v) is 5.90. The lowest BCUT2D eigenvalue weighted by atomic mass is 10.2. The average molecular weight is 327 g/mol. The van der Waals surface area contributed by atoms with Crippen molar-refractivity contribution in [3.05, 3.63) is 52.2 Å². The van der Waals surface area contributed by atoms with E-state index < -0.39 is 33.8 Å². The Labute approximate surface area is 123 Å². The molecule has 0 amide bonds. The average Bonchev–Trinajstić information content (AvgIpc) is 2.41. The number of benzene rings is 1. The minimum absolute atomic E-state index is 0.114. The van der Waals surface area contributed by atoms with Gasteiger partial charge in [-0.3, -0.25) is 14.6 Å². The van der Waals surface area contributed by atoms with Gasteiger partial charge in [0.1, 0.15) is 5.82 Å². The van der Waals surface area contributed by atoms with E-state index in [1.165, 1.54) is 0 Å². The van der Waals surface area contributed by atoms with Crippen LogP contribution in [-0.4, -0.2) is 29.5 Å². The van der Waals surface area contributed by atoms with Gasteiger partial charge in [0.05, 0.1) is 11.3 Å². The quantitative estimate of drug-likeness (QED) is 0.726. The van der Waals surface area contributed by atoms with Gasteiger partial charge in [-0.1, -0.05) is 0 Å². The number of hydrogen-bond acceptors (Lipinski definition) is 5. The van der Waals surface area contributed by atoms with Crippen LogP contribution < -0.4 is 10.3 Å². The molecule has 0 bridgehead atoms. The Bertz CT molecular complexity index is 861. The van der Waals surface area contributed by atoms with Crippen LogP contribution in [0.4, 0.5) is 10.3 Å².